The van der Waals surface area contributed by atoms with Crippen molar-refractivity contribution in [1.82, 2.24) is 0 Å². The van der Waals surface area contributed by atoms with Crippen molar-refractivity contribution in [2.45, 2.75) is 38.5 Å². The van der Waals surface area contributed by atoms with E-state index in [-0.39, 0.29) is 10.8 Å². The van der Waals surface area contributed by atoms with Gasteiger partial charge in [-0.1, -0.05) is 20.3 Å². The Balaban J connectivity index is 1.99. The van der Waals surface area contributed by atoms with Crippen molar-refractivity contribution in [1.29, 1.82) is 0 Å². The van der Waals surface area contributed by atoms with Gasteiger partial charge in [-0.15, -0.1) is 0 Å². The molecule has 4 heteroatoms. The van der Waals surface area contributed by atoms with Gasteiger partial charge in [0.15, 0.2) is 11.5 Å². The van der Waals surface area contributed by atoms with Gasteiger partial charge in [0.2, 0.25) is 0 Å². The lowest BCUT2D eigenvalue weighted by Gasteiger charge is -2.41. The van der Waals surface area contributed by atoms with Gasteiger partial charge in [0, 0.05) is 17.4 Å². The normalized spacial score (nSPS) is 22.8. The summed E-state index contributed by atoms with van der Waals surface area (Å²) in [6.07, 6.45) is 3.60. The smallest absolute Gasteiger partial charge is 0.175 e. The Kier molecular flexibility index (Phi) is 3.49. The SMILES string of the molecule is CC1(C)COc2cc(C3(CN)CCC3)cc(Br)c2OC1. The maximum atomic E-state index is 6.01. The van der Waals surface area contributed by atoms with Crippen molar-refractivity contribution in [3.8, 4) is 11.5 Å². The Labute approximate surface area is 129 Å². The largest absolute Gasteiger partial charge is 0.489 e. The number of nitrogens with two attached hydrogens (primary N) is 1. The van der Waals surface area contributed by atoms with Crippen LogP contribution in [0.2, 0.25) is 0 Å². The summed E-state index contributed by atoms with van der Waals surface area (Å²) in [7, 11) is 0. The minimum absolute atomic E-state index is 0.0284. The highest BCUT2D eigenvalue weighted by molar-refractivity contribution is 9.10. The van der Waals surface area contributed by atoms with E-state index in [1.165, 1.54) is 24.8 Å². The highest BCUT2D eigenvalue weighted by atomic mass is 79.9. The fraction of sp³-hybridized carbons (Fsp3) is 0.625. The molecule has 0 aromatic heterocycles. The van der Waals surface area contributed by atoms with Crippen LogP contribution in [0, 0.1) is 5.41 Å². The molecule has 3 nitrogen and oxygen atoms in total. The van der Waals surface area contributed by atoms with Gasteiger partial charge in [-0.25, -0.2) is 0 Å². The van der Waals surface area contributed by atoms with E-state index in [9.17, 15) is 0 Å². The first-order chi connectivity index (χ1) is 9.46. The van der Waals surface area contributed by atoms with Gasteiger partial charge in [-0.05, 0) is 46.5 Å². The average molecular weight is 340 g/mol. The zero-order valence-electron chi connectivity index (χ0n) is 12.2. The van der Waals surface area contributed by atoms with Gasteiger partial charge < -0.3 is 15.2 Å². The summed E-state index contributed by atoms with van der Waals surface area (Å²) in [6.45, 7) is 6.35. The molecule has 110 valence electrons. The zero-order valence-corrected chi connectivity index (χ0v) is 13.8. The molecule has 1 aromatic rings. The van der Waals surface area contributed by atoms with Crippen LogP contribution in [-0.2, 0) is 5.41 Å². The molecular formula is C16H22BrNO2. The molecule has 0 radical (unpaired) electrons. The standard InChI is InChI=1S/C16H22BrNO2/c1-15(2)9-19-13-7-11(16(8-18)4-3-5-16)6-12(17)14(13)20-10-15/h6-7H,3-5,8-10,18H2,1-2H3. The highest BCUT2D eigenvalue weighted by Gasteiger charge is 2.38. The van der Waals surface area contributed by atoms with Crippen LogP contribution in [0.3, 0.4) is 0 Å². The zero-order chi connectivity index (χ0) is 14.4. The third kappa shape index (κ3) is 2.33. The summed E-state index contributed by atoms with van der Waals surface area (Å²) in [4.78, 5) is 0. The van der Waals surface area contributed by atoms with Crippen LogP contribution in [0.1, 0.15) is 38.7 Å². The number of halogens is 1. The number of benzene rings is 1. The molecule has 20 heavy (non-hydrogen) atoms. The van der Waals surface area contributed by atoms with Gasteiger partial charge in [0.1, 0.15) is 0 Å². The Morgan fingerprint density at radius 3 is 2.50 bits per heavy atom. The van der Waals surface area contributed by atoms with Gasteiger partial charge in [-0.3, -0.25) is 0 Å². The lowest BCUT2D eigenvalue weighted by atomic mass is 9.64. The number of fused-ring (bicyclic) bond motifs is 1. The predicted octanol–water partition coefficient (Wildman–Crippen LogP) is 3.63. The maximum absolute atomic E-state index is 6.01. The van der Waals surface area contributed by atoms with E-state index >= 15 is 0 Å². The van der Waals surface area contributed by atoms with E-state index in [1.54, 1.807) is 0 Å². The molecule has 1 fully saturated rings. The van der Waals surface area contributed by atoms with E-state index in [4.69, 9.17) is 15.2 Å². The number of hydrogen-bond donors (Lipinski definition) is 1. The molecule has 1 saturated carbocycles. The summed E-state index contributed by atoms with van der Waals surface area (Å²) in [5.74, 6) is 1.67. The van der Waals surface area contributed by atoms with Crippen LogP contribution in [-0.4, -0.2) is 19.8 Å². The van der Waals surface area contributed by atoms with Gasteiger partial charge in [-0.2, -0.15) is 0 Å². The molecule has 0 amide bonds. The first-order valence-electron chi connectivity index (χ1n) is 7.26. The third-order valence-corrected chi connectivity index (χ3v) is 5.14. The van der Waals surface area contributed by atoms with E-state index in [0.29, 0.717) is 19.8 Å². The van der Waals surface area contributed by atoms with Crippen molar-refractivity contribution < 1.29 is 9.47 Å². The monoisotopic (exact) mass is 339 g/mol. The van der Waals surface area contributed by atoms with Crippen LogP contribution < -0.4 is 15.2 Å². The average Bonchev–Trinajstić information content (AvgIpc) is 2.49. The van der Waals surface area contributed by atoms with E-state index < -0.39 is 0 Å². The van der Waals surface area contributed by atoms with Crippen molar-refractivity contribution >= 4 is 15.9 Å². The second-order valence-corrected chi connectivity index (χ2v) is 7.72. The van der Waals surface area contributed by atoms with Crippen LogP contribution >= 0.6 is 15.9 Å². The Morgan fingerprint density at radius 2 is 1.90 bits per heavy atom. The van der Waals surface area contributed by atoms with Crippen molar-refractivity contribution in [2.24, 2.45) is 11.1 Å². The first-order valence-corrected chi connectivity index (χ1v) is 8.05. The molecule has 3 rings (SSSR count). The molecule has 1 aliphatic carbocycles. The third-order valence-electron chi connectivity index (χ3n) is 4.55. The Morgan fingerprint density at radius 1 is 1.20 bits per heavy atom. The van der Waals surface area contributed by atoms with Crippen molar-refractivity contribution in [3.63, 3.8) is 0 Å². The summed E-state index contributed by atoms with van der Waals surface area (Å²) in [6, 6.07) is 4.29. The van der Waals surface area contributed by atoms with Crippen LogP contribution in [0.25, 0.3) is 0 Å². The fourth-order valence-electron chi connectivity index (χ4n) is 2.92. The molecule has 2 aliphatic rings. The molecule has 0 atom stereocenters. The van der Waals surface area contributed by atoms with Crippen LogP contribution in [0.4, 0.5) is 0 Å². The second kappa shape index (κ2) is 4.92. The molecule has 1 heterocycles. The minimum Gasteiger partial charge on any atom is -0.489 e. The molecule has 0 saturated heterocycles. The van der Waals surface area contributed by atoms with Crippen molar-refractivity contribution in [3.05, 3.63) is 22.2 Å². The van der Waals surface area contributed by atoms with E-state index in [2.05, 4.69) is 41.9 Å². The molecular weight excluding hydrogens is 318 g/mol. The summed E-state index contributed by atoms with van der Waals surface area (Å²) in [5.41, 5.74) is 7.46. The van der Waals surface area contributed by atoms with E-state index in [1.807, 2.05) is 0 Å². The first kappa shape index (κ1) is 14.2. The molecule has 1 aromatic carbocycles. The molecule has 1 aliphatic heterocycles. The van der Waals surface area contributed by atoms with Gasteiger partial charge >= 0.3 is 0 Å². The van der Waals surface area contributed by atoms with Crippen molar-refractivity contribution in [2.75, 3.05) is 19.8 Å². The van der Waals surface area contributed by atoms with Gasteiger partial charge in [0.25, 0.3) is 0 Å². The lowest BCUT2D eigenvalue weighted by Crippen LogP contribution is -2.41. The summed E-state index contributed by atoms with van der Waals surface area (Å²) < 4.78 is 12.9. The summed E-state index contributed by atoms with van der Waals surface area (Å²) >= 11 is 3.63. The van der Waals surface area contributed by atoms with Gasteiger partial charge in [0.05, 0.1) is 17.7 Å². The molecule has 0 unspecified atom stereocenters. The molecule has 2 N–H and O–H groups in total. The molecule has 0 spiro atoms. The van der Waals surface area contributed by atoms with E-state index in [0.717, 1.165) is 16.0 Å². The topological polar surface area (TPSA) is 44.5 Å². The van der Waals surface area contributed by atoms with Crippen LogP contribution in [0.15, 0.2) is 16.6 Å². The second-order valence-electron chi connectivity index (χ2n) is 6.86. The highest BCUT2D eigenvalue weighted by Crippen LogP contribution is 2.48. The quantitative estimate of drug-likeness (QED) is 0.894. The number of rotatable bonds is 2. The number of ether oxygens (including phenoxy) is 2. The summed E-state index contributed by atoms with van der Waals surface area (Å²) in [5, 5.41) is 0. The Hall–Kier alpha value is -0.740. The maximum Gasteiger partial charge on any atom is 0.175 e. The molecule has 0 bridgehead atoms. The Bertz CT molecular complexity index is 518. The minimum atomic E-state index is 0.0284. The lowest BCUT2D eigenvalue weighted by molar-refractivity contribution is 0.140. The predicted molar refractivity (Wildman–Crippen MR) is 83.5 cm³/mol. The van der Waals surface area contributed by atoms with Crippen LogP contribution in [0.5, 0.6) is 11.5 Å². The fourth-order valence-corrected chi connectivity index (χ4v) is 3.47. The number of hydrogen-bond acceptors (Lipinski definition) is 3.